The van der Waals surface area contributed by atoms with Crippen LogP contribution in [0.5, 0.6) is 0 Å². The number of hydrogen-bond acceptors (Lipinski definition) is 3. The Morgan fingerprint density at radius 1 is 1.29 bits per heavy atom. The minimum Gasteiger partial charge on any atom is -0.347 e. The average Bonchev–Trinajstić information content (AvgIpc) is 2.45. The number of fused-ring (bicyclic) bond motifs is 1. The molecule has 1 heterocycles. The summed E-state index contributed by atoms with van der Waals surface area (Å²) in [5, 5.41) is 3.62. The summed E-state index contributed by atoms with van der Waals surface area (Å²) in [6.07, 6.45) is 0. The Bertz CT molecular complexity index is 700. The summed E-state index contributed by atoms with van der Waals surface area (Å²) in [6, 6.07) is 8.12. The van der Waals surface area contributed by atoms with Crippen molar-refractivity contribution >= 4 is 34.3 Å². The zero-order valence-corrected chi connectivity index (χ0v) is 12.8. The van der Waals surface area contributed by atoms with Gasteiger partial charge in [-0.15, -0.1) is 0 Å². The Kier molecular flexibility index (Phi) is 4.43. The van der Waals surface area contributed by atoms with E-state index in [1.807, 2.05) is 12.1 Å². The molecule has 1 atom stereocenters. The van der Waals surface area contributed by atoms with E-state index in [1.54, 1.807) is 33.2 Å². The Balaban J connectivity index is 2.34. The number of benzene rings is 1. The number of likely N-dealkylation sites (N-methyl/N-ethyl adjacent to an activating group) is 1. The third-order valence-corrected chi connectivity index (χ3v) is 3.28. The van der Waals surface area contributed by atoms with Gasteiger partial charge >= 0.3 is 0 Å². The molecule has 1 unspecified atom stereocenters. The summed E-state index contributed by atoms with van der Waals surface area (Å²) < 4.78 is 0. The lowest BCUT2D eigenvalue weighted by molar-refractivity contribution is -0.130. The van der Waals surface area contributed by atoms with Crippen LogP contribution in [-0.4, -0.2) is 41.8 Å². The number of carbonyl (C=O) groups excluding carboxylic acids is 2. The van der Waals surface area contributed by atoms with E-state index in [9.17, 15) is 9.59 Å². The van der Waals surface area contributed by atoms with Crippen LogP contribution >= 0.6 is 11.6 Å². The summed E-state index contributed by atoms with van der Waals surface area (Å²) in [5.74, 6) is -0.522. The van der Waals surface area contributed by atoms with Crippen LogP contribution in [0.3, 0.4) is 0 Å². The maximum Gasteiger partial charge on any atom is 0.252 e. The van der Waals surface area contributed by atoms with E-state index in [2.05, 4.69) is 10.3 Å². The van der Waals surface area contributed by atoms with Crippen LogP contribution in [-0.2, 0) is 4.79 Å². The lowest BCUT2D eigenvalue weighted by Crippen LogP contribution is -2.44. The Hall–Kier alpha value is -2.14. The lowest BCUT2D eigenvalue weighted by atomic mass is 10.1. The average molecular weight is 306 g/mol. The Morgan fingerprint density at radius 2 is 1.95 bits per heavy atom. The third-order valence-electron chi connectivity index (χ3n) is 3.09. The number of amides is 2. The standard InChI is InChI=1S/C15H16ClN3O2/c1-9(15(21)19(2)3)17-14(20)11-8-13(16)18-12-7-5-4-6-10(11)12/h4-9H,1-3H3,(H,17,20). The SMILES string of the molecule is CC(NC(=O)c1cc(Cl)nc2ccccc12)C(=O)N(C)C. The molecule has 0 saturated heterocycles. The first kappa shape index (κ1) is 15.3. The van der Waals surface area contributed by atoms with Crippen molar-refractivity contribution in [1.29, 1.82) is 0 Å². The monoisotopic (exact) mass is 305 g/mol. The van der Waals surface area contributed by atoms with Crippen molar-refractivity contribution in [2.45, 2.75) is 13.0 Å². The van der Waals surface area contributed by atoms with Gasteiger partial charge in [0, 0.05) is 19.5 Å². The van der Waals surface area contributed by atoms with Crippen molar-refractivity contribution in [3.05, 3.63) is 41.0 Å². The fraction of sp³-hybridized carbons (Fsp3) is 0.267. The van der Waals surface area contributed by atoms with Crippen LogP contribution in [0, 0.1) is 0 Å². The minimum atomic E-state index is -0.613. The quantitative estimate of drug-likeness (QED) is 0.883. The van der Waals surface area contributed by atoms with Gasteiger partial charge in [0.25, 0.3) is 5.91 Å². The van der Waals surface area contributed by atoms with Crippen LogP contribution in [0.1, 0.15) is 17.3 Å². The highest BCUT2D eigenvalue weighted by atomic mass is 35.5. The largest absolute Gasteiger partial charge is 0.347 e. The van der Waals surface area contributed by atoms with Gasteiger partial charge in [-0.1, -0.05) is 29.8 Å². The molecule has 0 aliphatic carbocycles. The number of halogens is 1. The van der Waals surface area contributed by atoms with Crippen molar-refractivity contribution in [2.75, 3.05) is 14.1 Å². The van der Waals surface area contributed by atoms with Crippen LogP contribution in [0.15, 0.2) is 30.3 Å². The highest BCUT2D eigenvalue weighted by molar-refractivity contribution is 6.30. The second-order valence-corrected chi connectivity index (χ2v) is 5.32. The number of hydrogen-bond donors (Lipinski definition) is 1. The Morgan fingerprint density at radius 3 is 2.62 bits per heavy atom. The predicted molar refractivity (Wildman–Crippen MR) is 82.4 cm³/mol. The fourth-order valence-corrected chi connectivity index (χ4v) is 2.25. The number of nitrogens with zero attached hydrogens (tertiary/aromatic N) is 2. The molecule has 0 radical (unpaired) electrons. The van der Waals surface area contributed by atoms with Crippen molar-refractivity contribution < 1.29 is 9.59 Å². The first-order valence-electron chi connectivity index (χ1n) is 6.47. The van der Waals surface area contributed by atoms with Crippen LogP contribution in [0.25, 0.3) is 10.9 Å². The molecule has 2 rings (SSSR count). The molecule has 0 saturated carbocycles. The number of aromatic nitrogens is 1. The van der Waals surface area contributed by atoms with Gasteiger partial charge in [-0.25, -0.2) is 4.98 Å². The van der Waals surface area contributed by atoms with Gasteiger partial charge < -0.3 is 10.2 Å². The molecule has 2 amide bonds. The molecular formula is C15H16ClN3O2. The topological polar surface area (TPSA) is 62.3 Å². The molecule has 0 bridgehead atoms. The van der Waals surface area contributed by atoms with Gasteiger partial charge in [0.1, 0.15) is 11.2 Å². The molecule has 0 fully saturated rings. The first-order chi connectivity index (χ1) is 9.90. The predicted octanol–water partition coefficient (Wildman–Crippen LogP) is 2.09. The van der Waals surface area contributed by atoms with E-state index < -0.39 is 6.04 Å². The Labute approximate surface area is 127 Å². The number of pyridine rings is 1. The molecule has 1 aromatic heterocycles. The number of nitrogens with one attached hydrogen (secondary N) is 1. The van der Waals surface area contributed by atoms with E-state index in [1.165, 1.54) is 11.0 Å². The van der Waals surface area contributed by atoms with Crippen molar-refractivity contribution in [3.8, 4) is 0 Å². The second-order valence-electron chi connectivity index (χ2n) is 4.94. The molecule has 1 aromatic carbocycles. The third kappa shape index (κ3) is 3.31. The molecule has 5 nitrogen and oxygen atoms in total. The highest BCUT2D eigenvalue weighted by Gasteiger charge is 2.19. The molecule has 2 aromatic rings. The van der Waals surface area contributed by atoms with Crippen LogP contribution < -0.4 is 5.32 Å². The smallest absolute Gasteiger partial charge is 0.252 e. The first-order valence-corrected chi connectivity index (χ1v) is 6.85. The summed E-state index contributed by atoms with van der Waals surface area (Å²) in [7, 11) is 3.29. The van der Waals surface area contributed by atoms with Crippen molar-refractivity contribution in [2.24, 2.45) is 0 Å². The maximum absolute atomic E-state index is 12.4. The van der Waals surface area contributed by atoms with Gasteiger partial charge in [-0.2, -0.15) is 0 Å². The van der Waals surface area contributed by atoms with Gasteiger partial charge in [0.2, 0.25) is 5.91 Å². The van der Waals surface area contributed by atoms with E-state index in [0.717, 1.165) is 0 Å². The van der Waals surface area contributed by atoms with Gasteiger partial charge in [0.15, 0.2) is 0 Å². The minimum absolute atomic E-state index is 0.173. The normalized spacial score (nSPS) is 12.0. The molecule has 21 heavy (non-hydrogen) atoms. The maximum atomic E-state index is 12.4. The van der Waals surface area contributed by atoms with E-state index in [4.69, 9.17) is 11.6 Å². The van der Waals surface area contributed by atoms with Gasteiger partial charge in [-0.3, -0.25) is 9.59 Å². The molecule has 1 N–H and O–H groups in total. The van der Waals surface area contributed by atoms with Gasteiger partial charge in [0.05, 0.1) is 11.1 Å². The number of carbonyl (C=O) groups is 2. The van der Waals surface area contributed by atoms with Crippen molar-refractivity contribution in [3.63, 3.8) is 0 Å². The number of para-hydroxylation sites is 1. The number of rotatable bonds is 3. The van der Waals surface area contributed by atoms with Crippen molar-refractivity contribution in [1.82, 2.24) is 15.2 Å². The summed E-state index contributed by atoms with van der Waals surface area (Å²) in [5.41, 5.74) is 1.05. The van der Waals surface area contributed by atoms with E-state index in [0.29, 0.717) is 16.5 Å². The molecule has 0 aliphatic heterocycles. The molecular weight excluding hydrogens is 290 g/mol. The summed E-state index contributed by atoms with van der Waals surface area (Å²) >= 11 is 5.95. The zero-order chi connectivity index (χ0) is 15.6. The highest BCUT2D eigenvalue weighted by Crippen LogP contribution is 2.20. The molecule has 6 heteroatoms. The van der Waals surface area contributed by atoms with E-state index >= 15 is 0 Å². The van der Waals surface area contributed by atoms with Crippen LogP contribution in [0.2, 0.25) is 5.15 Å². The summed E-state index contributed by atoms with van der Waals surface area (Å²) in [6.45, 7) is 1.64. The molecule has 110 valence electrons. The summed E-state index contributed by atoms with van der Waals surface area (Å²) in [4.78, 5) is 29.8. The molecule has 0 spiro atoms. The fourth-order valence-electron chi connectivity index (χ4n) is 2.05. The second kappa shape index (κ2) is 6.10. The van der Waals surface area contributed by atoms with E-state index in [-0.39, 0.29) is 17.0 Å². The zero-order valence-electron chi connectivity index (χ0n) is 12.1. The van der Waals surface area contributed by atoms with Crippen LogP contribution in [0.4, 0.5) is 0 Å². The molecule has 0 aliphatic rings. The van der Waals surface area contributed by atoms with Gasteiger partial charge in [-0.05, 0) is 19.1 Å². The lowest BCUT2D eigenvalue weighted by Gasteiger charge is -2.18.